The smallest absolute Gasteiger partial charge is 0.254 e. The molecule has 22 heavy (non-hydrogen) atoms. The number of anilines is 1. The van der Waals surface area contributed by atoms with Crippen LogP contribution in [-0.2, 0) is 13.0 Å². The van der Waals surface area contributed by atoms with Gasteiger partial charge in [0, 0.05) is 37.3 Å². The van der Waals surface area contributed by atoms with E-state index in [1.54, 1.807) is 0 Å². The molecule has 3 rings (SSSR count). The van der Waals surface area contributed by atoms with Gasteiger partial charge in [-0.1, -0.05) is 30.3 Å². The number of rotatable bonds is 3. The van der Waals surface area contributed by atoms with Crippen molar-refractivity contribution in [3.05, 3.63) is 64.7 Å². The van der Waals surface area contributed by atoms with Crippen LogP contribution in [0.3, 0.4) is 0 Å². The minimum atomic E-state index is 0.140. The van der Waals surface area contributed by atoms with Crippen LogP contribution in [0.5, 0.6) is 0 Å². The molecule has 0 saturated carbocycles. The molecule has 0 atom stereocenters. The Morgan fingerprint density at radius 1 is 1.05 bits per heavy atom. The first-order chi connectivity index (χ1) is 10.7. The number of carbonyl (C=O) groups excluding carboxylic acids is 1. The third kappa shape index (κ3) is 2.59. The Morgan fingerprint density at radius 2 is 1.77 bits per heavy atom. The molecule has 3 heteroatoms. The number of hydrogen-bond donors (Lipinski definition) is 1. The van der Waals surface area contributed by atoms with E-state index >= 15 is 0 Å². The molecule has 0 bridgehead atoms. The number of hydrogen-bond acceptors (Lipinski definition) is 2. The number of nitrogens with zero attached hydrogens (tertiary/aromatic N) is 1. The van der Waals surface area contributed by atoms with Crippen molar-refractivity contribution in [1.82, 2.24) is 4.90 Å². The van der Waals surface area contributed by atoms with Crippen molar-refractivity contribution in [1.29, 1.82) is 0 Å². The molecule has 0 aliphatic carbocycles. The molecular weight excluding hydrogens is 272 g/mol. The maximum atomic E-state index is 12.8. The average Bonchev–Trinajstić information content (AvgIpc) is 2.74. The molecule has 0 saturated heterocycles. The van der Waals surface area contributed by atoms with Gasteiger partial charge in [0.1, 0.15) is 0 Å². The van der Waals surface area contributed by atoms with Gasteiger partial charge in [0.05, 0.1) is 0 Å². The largest absolute Gasteiger partial charge is 0.381 e. The van der Waals surface area contributed by atoms with Crippen LogP contribution in [0.4, 0.5) is 5.69 Å². The highest BCUT2D eigenvalue weighted by Gasteiger charge is 2.21. The topological polar surface area (TPSA) is 32.3 Å². The lowest BCUT2D eigenvalue weighted by molar-refractivity contribution is 0.0772. The SMILES string of the molecule is CCN(CC)C(=O)c1cccc2c1Cc1ccccc1NC2. The highest BCUT2D eigenvalue weighted by atomic mass is 16.2. The molecule has 2 aromatic carbocycles. The summed E-state index contributed by atoms with van der Waals surface area (Å²) in [6.07, 6.45) is 0.807. The van der Waals surface area contributed by atoms with Gasteiger partial charge in [0.25, 0.3) is 5.91 Å². The first kappa shape index (κ1) is 14.6. The second-order valence-corrected chi connectivity index (χ2v) is 5.61. The van der Waals surface area contributed by atoms with Crippen molar-refractivity contribution >= 4 is 11.6 Å². The molecular formula is C19H22N2O. The molecule has 1 N–H and O–H groups in total. The third-order valence-corrected chi connectivity index (χ3v) is 4.41. The summed E-state index contributed by atoms with van der Waals surface area (Å²) >= 11 is 0. The summed E-state index contributed by atoms with van der Waals surface area (Å²) in [4.78, 5) is 14.7. The summed E-state index contributed by atoms with van der Waals surface area (Å²) in [5, 5.41) is 3.48. The Bertz CT molecular complexity index is 690. The molecule has 1 aliphatic rings. The highest BCUT2D eigenvalue weighted by Crippen LogP contribution is 2.28. The van der Waals surface area contributed by atoms with Gasteiger partial charge >= 0.3 is 0 Å². The minimum Gasteiger partial charge on any atom is -0.381 e. The van der Waals surface area contributed by atoms with Crippen LogP contribution in [0.25, 0.3) is 0 Å². The Kier molecular flexibility index (Phi) is 4.14. The Morgan fingerprint density at radius 3 is 2.55 bits per heavy atom. The van der Waals surface area contributed by atoms with Crippen LogP contribution in [0, 0.1) is 0 Å². The average molecular weight is 294 g/mol. The van der Waals surface area contributed by atoms with Crippen LogP contribution < -0.4 is 5.32 Å². The van der Waals surface area contributed by atoms with E-state index in [9.17, 15) is 4.79 Å². The Hall–Kier alpha value is -2.29. The van der Waals surface area contributed by atoms with Gasteiger partial charge in [-0.3, -0.25) is 4.79 Å². The Labute approximate surface area is 132 Å². The summed E-state index contributed by atoms with van der Waals surface area (Å²) in [6.45, 7) is 6.31. The van der Waals surface area contributed by atoms with Crippen molar-refractivity contribution in [2.75, 3.05) is 18.4 Å². The van der Waals surface area contributed by atoms with E-state index in [1.807, 2.05) is 36.9 Å². The molecule has 0 unspecified atom stereocenters. The van der Waals surface area contributed by atoms with Crippen LogP contribution in [0.2, 0.25) is 0 Å². The summed E-state index contributed by atoms with van der Waals surface area (Å²) < 4.78 is 0. The summed E-state index contributed by atoms with van der Waals surface area (Å²) in [5.74, 6) is 0.140. The molecule has 114 valence electrons. The van der Waals surface area contributed by atoms with E-state index in [1.165, 1.54) is 16.8 Å². The highest BCUT2D eigenvalue weighted by molar-refractivity contribution is 5.96. The van der Waals surface area contributed by atoms with Gasteiger partial charge in [-0.25, -0.2) is 0 Å². The van der Waals surface area contributed by atoms with Crippen molar-refractivity contribution in [3.8, 4) is 0 Å². The van der Waals surface area contributed by atoms with Crippen molar-refractivity contribution < 1.29 is 4.79 Å². The van der Waals surface area contributed by atoms with E-state index in [0.29, 0.717) is 0 Å². The third-order valence-electron chi connectivity index (χ3n) is 4.41. The summed E-state index contributed by atoms with van der Waals surface area (Å²) in [7, 11) is 0. The van der Waals surface area contributed by atoms with E-state index in [4.69, 9.17) is 0 Å². The van der Waals surface area contributed by atoms with Gasteiger partial charge in [-0.05, 0) is 42.7 Å². The van der Waals surface area contributed by atoms with Crippen LogP contribution in [0.15, 0.2) is 42.5 Å². The zero-order chi connectivity index (χ0) is 15.5. The number of benzene rings is 2. The van der Waals surface area contributed by atoms with Crippen molar-refractivity contribution in [3.63, 3.8) is 0 Å². The van der Waals surface area contributed by atoms with Gasteiger partial charge in [-0.15, -0.1) is 0 Å². The van der Waals surface area contributed by atoms with Crippen molar-refractivity contribution in [2.45, 2.75) is 26.8 Å². The fourth-order valence-corrected chi connectivity index (χ4v) is 3.12. The quantitative estimate of drug-likeness (QED) is 0.936. The molecule has 2 aromatic rings. The molecule has 0 spiro atoms. The lowest BCUT2D eigenvalue weighted by Gasteiger charge is -2.21. The number of nitrogens with one attached hydrogen (secondary N) is 1. The zero-order valence-corrected chi connectivity index (χ0v) is 13.2. The van der Waals surface area contributed by atoms with Gasteiger partial charge < -0.3 is 10.2 Å². The molecule has 0 radical (unpaired) electrons. The summed E-state index contributed by atoms with van der Waals surface area (Å²) in [6, 6.07) is 14.4. The van der Waals surface area contributed by atoms with Gasteiger partial charge in [0.2, 0.25) is 0 Å². The minimum absolute atomic E-state index is 0.140. The number of fused-ring (bicyclic) bond motifs is 2. The van der Waals surface area contributed by atoms with Crippen LogP contribution in [0.1, 0.15) is 40.9 Å². The summed E-state index contributed by atoms with van der Waals surface area (Å²) in [5.41, 5.74) is 5.65. The zero-order valence-electron chi connectivity index (χ0n) is 13.2. The monoisotopic (exact) mass is 294 g/mol. The predicted octanol–water partition coefficient (Wildman–Crippen LogP) is 3.68. The van der Waals surface area contributed by atoms with Crippen LogP contribution >= 0.6 is 0 Å². The molecule has 1 aliphatic heterocycles. The predicted molar refractivity (Wildman–Crippen MR) is 90.3 cm³/mol. The maximum Gasteiger partial charge on any atom is 0.254 e. The first-order valence-electron chi connectivity index (χ1n) is 7.96. The molecule has 1 heterocycles. The molecule has 1 amide bonds. The lowest BCUT2D eigenvalue weighted by atomic mass is 9.94. The fraction of sp³-hybridized carbons (Fsp3) is 0.316. The van der Waals surface area contributed by atoms with E-state index < -0.39 is 0 Å². The normalized spacial score (nSPS) is 12.6. The number of para-hydroxylation sites is 1. The van der Waals surface area contributed by atoms with E-state index in [-0.39, 0.29) is 5.91 Å². The van der Waals surface area contributed by atoms with Gasteiger partial charge in [-0.2, -0.15) is 0 Å². The van der Waals surface area contributed by atoms with Crippen molar-refractivity contribution in [2.24, 2.45) is 0 Å². The molecule has 3 nitrogen and oxygen atoms in total. The second kappa shape index (κ2) is 6.22. The number of carbonyl (C=O) groups is 1. The Balaban J connectivity index is 2.05. The standard InChI is InChI=1S/C19H22N2O/c1-3-21(4-2)19(22)16-10-7-9-15-13-20-18-11-6-5-8-14(18)12-17(15)16/h5-11,20H,3-4,12-13H2,1-2H3. The number of amides is 1. The lowest BCUT2D eigenvalue weighted by Crippen LogP contribution is -2.31. The van der Waals surface area contributed by atoms with E-state index in [0.717, 1.165) is 37.2 Å². The molecule has 0 aromatic heterocycles. The van der Waals surface area contributed by atoms with E-state index in [2.05, 4.69) is 29.6 Å². The maximum absolute atomic E-state index is 12.8. The fourth-order valence-electron chi connectivity index (χ4n) is 3.12. The second-order valence-electron chi connectivity index (χ2n) is 5.61. The molecule has 0 fully saturated rings. The van der Waals surface area contributed by atoms with Gasteiger partial charge in [0.15, 0.2) is 0 Å². The van der Waals surface area contributed by atoms with Crippen LogP contribution in [-0.4, -0.2) is 23.9 Å². The first-order valence-corrected chi connectivity index (χ1v) is 7.96.